The van der Waals surface area contributed by atoms with Gasteiger partial charge in [-0.25, -0.2) is 4.79 Å². The second-order valence-electron chi connectivity index (χ2n) is 6.18. The molecule has 0 bridgehead atoms. The molecule has 3 rings (SSSR count). The Bertz CT molecular complexity index is 652. The summed E-state index contributed by atoms with van der Waals surface area (Å²) in [5.41, 5.74) is 2.60. The number of nitrogens with one attached hydrogen (secondary N) is 1. The van der Waals surface area contributed by atoms with Gasteiger partial charge in [0.1, 0.15) is 5.75 Å². The lowest BCUT2D eigenvalue weighted by atomic mass is 9.81. The molecule has 3 N–H and O–H groups in total. The highest BCUT2D eigenvalue weighted by Crippen LogP contribution is 2.51. The Morgan fingerprint density at radius 3 is 2.62 bits per heavy atom. The van der Waals surface area contributed by atoms with Gasteiger partial charge in [-0.15, -0.1) is 0 Å². The Balaban J connectivity index is 0.000000471. The molecule has 24 heavy (non-hydrogen) atoms. The van der Waals surface area contributed by atoms with Crippen LogP contribution >= 0.6 is 0 Å². The van der Waals surface area contributed by atoms with Gasteiger partial charge in [-0.3, -0.25) is 14.0 Å². The summed E-state index contributed by atoms with van der Waals surface area (Å²) in [5.74, 6) is 0.605. The molecule has 2 atom stereocenters. The maximum Gasteiger partial charge on any atom is 0.412 e. The highest BCUT2D eigenvalue weighted by molar-refractivity contribution is 7.73. The fourth-order valence-corrected chi connectivity index (χ4v) is 3.78. The molecule has 1 aromatic rings. The van der Waals surface area contributed by atoms with Crippen molar-refractivity contribution in [3.63, 3.8) is 0 Å². The van der Waals surface area contributed by atoms with Crippen LogP contribution in [0.3, 0.4) is 0 Å². The first-order valence-electron chi connectivity index (χ1n) is 7.48. The highest BCUT2D eigenvalue weighted by Gasteiger charge is 2.52. The lowest BCUT2D eigenvalue weighted by Crippen LogP contribution is -2.45. The van der Waals surface area contributed by atoms with Crippen LogP contribution in [0.25, 0.3) is 0 Å². The Morgan fingerprint density at radius 2 is 2.04 bits per heavy atom. The number of benzene rings is 1. The summed E-state index contributed by atoms with van der Waals surface area (Å²) in [5, 5.41) is 2.47. The van der Waals surface area contributed by atoms with Crippen molar-refractivity contribution in [2.24, 2.45) is 0 Å². The van der Waals surface area contributed by atoms with Crippen LogP contribution in [-0.4, -0.2) is 58.2 Å². The van der Waals surface area contributed by atoms with Gasteiger partial charge in [0.15, 0.2) is 0 Å². The first-order chi connectivity index (χ1) is 11.2. The van der Waals surface area contributed by atoms with E-state index in [1.54, 1.807) is 7.05 Å². The van der Waals surface area contributed by atoms with Crippen LogP contribution in [0, 0.1) is 0 Å². The number of anilines is 1. The molecule has 0 unspecified atom stereocenters. The molecule has 1 saturated heterocycles. The first-order valence-corrected chi connectivity index (χ1v) is 8.54. The number of ether oxygens (including phenoxy) is 1. The molecule has 1 fully saturated rings. The van der Waals surface area contributed by atoms with Crippen molar-refractivity contribution in [3.05, 3.63) is 23.8 Å². The topological polar surface area (TPSA) is 102 Å². The summed E-state index contributed by atoms with van der Waals surface area (Å²) in [7, 11) is 5.86. The van der Waals surface area contributed by atoms with Gasteiger partial charge >= 0.3 is 6.09 Å². The zero-order chi connectivity index (χ0) is 18.1. The molecule has 2 aliphatic rings. The number of nitrogens with zero attached hydrogens (tertiary/aromatic N) is 2. The second kappa shape index (κ2) is 7.06. The van der Waals surface area contributed by atoms with E-state index < -0.39 is 17.5 Å². The Hall–Kier alpha value is -1.68. The summed E-state index contributed by atoms with van der Waals surface area (Å²) in [6.45, 7) is 3.39. The van der Waals surface area contributed by atoms with E-state index in [-0.39, 0.29) is 5.41 Å². The lowest BCUT2D eigenvalue weighted by Gasteiger charge is -2.32. The van der Waals surface area contributed by atoms with E-state index in [0.717, 1.165) is 13.0 Å². The van der Waals surface area contributed by atoms with E-state index in [1.807, 2.05) is 18.2 Å². The molecular weight excluding hydrogens is 334 g/mol. The predicted molar refractivity (Wildman–Crippen MR) is 91.7 cm³/mol. The number of likely N-dealkylation sites (N-methyl/N-ethyl adjacent to an activating group) is 2. The molecule has 1 aromatic carbocycles. The molecule has 134 valence electrons. The lowest BCUT2D eigenvalue weighted by molar-refractivity contribution is 0.203. The van der Waals surface area contributed by atoms with Gasteiger partial charge in [0.25, 0.3) is 11.4 Å². The fourth-order valence-electron chi connectivity index (χ4n) is 3.78. The standard InChI is InChI=1S/C15H21N3O2.H2O3S/c1-15-7-8-17(3)13(15)18(4)12-6-5-10(9-11(12)15)20-14(19)16-2;1-4(2)3/h5-6,9,13H,7-8H2,1-4H3,(H,16,19);(H2,1,2,3)/t13-,15+;/m0./s1. The van der Waals surface area contributed by atoms with Crippen LogP contribution in [0.5, 0.6) is 5.75 Å². The molecule has 0 spiro atoms. The van der Waals surface area contributed by atoms with Gasteiger partial charge < -0.3 is 15.0 Å². The zero-order valence-electron chi connectivity index (χ0n) is 14.1. The average Bonchev–Trinajstić information content (AvgIpc) is 2.92. The SMILES string of the molecule is CNC(=O)Oc1ccc2c(c1)[C@@]1(C)CCN(C)[C@H]1N2C.O=S(O)O. The van der Waals surface area contributed by atoms with E-state index >= 15 is 0 Å². The van der Waals surface area contributed by atoms with Crippen molar-refractivity contribution in [2.45, 2.75) is 24.9 Å². The van der Waals surface area contributed by atoms with Crippen molar-refractivity contribution in [2.75, 3.05) is 32.6 Å². The number of carbonyl (C=O) groups is 1. The number of hydrogen-bond donors (Lipinski definition) is 3. The zero-order valence-corrected chi connectivity index (χ0v) is 15.0. The summed E-state index contributed by atoms with van der Waals surface area (Å²) in [6.07, 6.45) is 1.07. The third kappa shape index (κ3) is 3.39. The van der Waals surface area contributed by atoms with Gasteiger partial charge in [0.2, 0.25) is 0 Å². The summed E-state index contributed by atoms with van der Waals surface area (Å²) >= 11 is -2.61. The van der Waals surface area contributed by atoms with E-state index in [0.29, 0.717) is 11.9 Å². The normalized spacial score (nSPS) is 25.0. The number of rotatable bonds is 1. The van der Waals surface area contributed by atoms with Gasteiger partial charge in [-0.1, -0.05) is 6.92 Å². The second-order valence-corrected chi connectivity index (χ2v) is 6.64. The van der Waals surface area contributed by atoms with Crippen LogP contribution in [0.4, 0.5) is 10.5 Å². The van der Waals surface area contributed by atoms with Crippen LogP contribution in [0.2, 0.25) is 0 Å². The average molecular weight is 357 g/mol. The summed E-state index contributed by atoms with van der Waals surface area (Å²) in [4.78, 5) is 16.1. The summed E-state index contributed by atoms with van der Waals surface area (Å²) < 4.78 is 28.1. The molecule has 2 heterocycles. The van der Waals surface area contributed by atoms with Crippen molar-refractivity contribution in [1.29, 1.82) is 0 Å². The molecular formula is C15H23N3O5S. The van der Waals surface area contributed by atoms with Crippen molar-refractivity contribution >= 4 is 23.1 Å². The van der Waals surface area contributed by atoms with E-state index in [1.165, 1.54) is 11.3 Å². The quantitative estimate of drug-likeness (QED) is 0.654. The van der Waals surface area contributed by atoms with Crippen LogP contribution in [-0.2, 0) is 16.8 Å². The van der Waals surface area contributed by atoms with Crippen molar-refractivity contribution < 1.29 is 22.8 Å². The number of amides is 1. The molecule has 1 amide bonds. The number of carbonyl (C=O) groups excluding carboxylic acids is 1. The largest absolute Gasteiger partial charge is 0.412 e. The smallest absolute Gasteiger partial charge is 0.410 e. The number of fused-ring (bicyclic) bond motifs is 3. The predicted octanol–water partition coefficient (Wildman–Crippen LogP) is 1.46. The highest BCUT2D eigenvalue weighted by atomic mass is 32.2. The van der Waals surface area contributed by atoms with Gasteiger partial charge in [-0.2, -0.15) is 4.21 Å². The third-order valence-corrected chi connectivity index (χ3v) is 4.72. The van der Waals surface area contributed by atoms with Crippen LogP contribution in [0.15, 0.2) is 18.2 Å². The minimum absolute atomic E-state index is 0.0981. The third-order valence-electron chi connectivity index (χ3n) is 4.72. The Kier molecular flexibility index (Phi) is 5.49. The fraction of sp³-hybridized carbons (Fsp3) is 0.533. The number of likely N-dealkylation sites (tertiary alicyclic amines) is 1. The van der Waals surface area contributed by atoms with Crippen LogP contribution < -0.4 is 15.0 Å². The van der Waals surface area contributed by atoms with E-state index in [2.05, 4.69) is 36.1 Å². The van der Waals surface area contributed by atoms with E-state index in [4.69, 9.17) is 18.1 Å². The molecule has 0 radical (unpaired) electrons. The van der Waals surface area contributed by atoms with Crippen LogP contribution in [0.1, 0.15) is 18.9 Å². The molecule has 0 aromatic heterocycles. The Labute approximate surface area is 143 Å². The maximum absolute atomic E-state index is 11.4. The van der Waals surface area contributed by atoms with Gasteiger partial charge in [0.05, 0.1) is 6.17 Å². The molecule has 2 aliphatic heterocycles. The minimum Gasteiger partial charge on any atom is -0.410 e. The first kappa shape index (κ1) is 18.7. The van der Waals surface area contributed by atoms with Crippen molar-refractivity contribution in [1.82, 2.24) is 10.2 Å². The van der Waals surface area contributed by atoms with Gasteiger partial charge in [0, 0.05) is 31.7 Å². The molecule has 0 aliphatic carbocycles. The molecule has 8 nitrogen and oxygen atoms in total. The minimum atomic E-state index is -2.61. The van der Waals surface area contributed by atoms with Gasteiger partial charge in [-0.05, 0) is 37.2 Å². The molecule has 9 heteroatoms. The number of hydrogen-bond acceptors (Lipinski definition) is 5. The molecule has 0 saturated carbocycles. The van der Waals surface area contributed by atoms with E-state index in [9.17, 15) is 4.79 Å². The summed E-state index contributed by atoms with van der Waals surface area (Å²) in [6, 6.07) is 5.92. The Morgan fingerprint density at radius 1 is 1.42 bits per heavy atom. The monoisotopic (exact) mass is 357 g/mol. The van der Waals surface area contributed by atoms with Crippen molar-refractivity contribution in [3.8, 4) is 5.75 Å². The maximum atomic E-state index is 11.4.